The van der Waals surface area contributed by atoms with Gasteiger partial charge < -0.3 is 25.4 Å². The minimum atomic E-state index is -0.561. The maximum Gasteiger partial charge on any atom is 0.410 e. The molecule has 0 saturated heterocycles. The van der Waals surface area contributed by atoms with Crippen LogP contribution in [0.15, 0.2) is 48.5 Å². The fourth-order valence-electron chi connectivity index (χ4n) is 5.33. The van der Waals surface area contributed by atoms with Gasteiger partial charge in [0, 0.05) is 29.7 Å². The Kier molecular flexibility index (Phi) is 7.96. The van der Waals surface area contributed by atoms with E-state index in [9.17, 15) is 9.59 Å². The molecule has 2 aromatic rings. The number of nitrogens with two attached hydrogens (primary N) is 1. The van der Waals surface area contributed by atoms with Gasteiger partial charge in [0.05, 0.1) is 0 Å². The first kappa shape index (κ1) is 27.8. The highest BCUT2D eigenvalue weighted by molar-refractivity contribution is 5.71. The molecule has 2 aliphatic carbocycles. The maximum atomic E-state index is 13.4. The zero-order valence-electron chi connectivity index (χ0n) is 23.6. The Labute approximate surface area is 227 Å². The summed E-state index contributed by atoms with van der Waals surface area (Å²) in [7, 11) is 0. The van der Waals surface area contributed by atoms with Crippen LogP contribution in [0.25, 0.3) is 11.1 Å². The highest BCUT2D eigenvalue weighted by atomic mass is 16.6. The van der Waals surface area contributed by atoms with Crippen LogP contribution >= 0.6 is 0 Å². The Morgan fingerprint density at radius 1 is 0.868 bits per heavy atom. The fourth-order valence-corrected chi connectivity index (χ4v) is 5.33. The molecule has 0 bridgehead atoms. The number of carbonyl (C=O) groups excluding carboxylic acids is 2. The zero-order valence-corrected chi connectivity index (χ0v) is 23.6. The quantitative estimate of drug-likeness (QED) is 0.419. The van der Waals surface area contributed by atoms with Crippen molar-refractivity contribution in [3.8, 4) is 11.1 Å². The molecule has 7 heteroatoms. The SMILES string of the molecule is CC(C)(C)OC(=O)NC1CCC(N(C(=O)OC(C)(C)C)[C@@H]2C[C@H]2c2ccc(-c3cccc(N)c3)cc2)CC1. The number of rotatable bonds is 5. The van der Waals surface area contributed by atoms with Crippen LogP contribution in [0.1, 0.15) is 85.1 Å². The summed E-state index contributed by atoms with van der Waals surface area (Å²) < 4.78 is 11.3. The highest BCUT2D eigenvalue weighted by Crippen LogP contribution is 2.47. The van der Waals surface area contributed by atoms with Crippen molar-refractivity contribution in [2.24, 2.45) is 0 Å². The van der Waals surface area contributed by atoms with Gasteiger partial charge in [-0.25, -0.2) is 9.59 Å². The smallest absolute Gasteiger partial charge is 0.410 e. The number of anilines is 1. The standard InChI is InChI=1S/C31H43N3O4/c1-30(2,3)37-28(35)33-24-14-16-25(17-15-24)34(29(36)38-31(4,5)6)27-19-26(27)21-12-10-20(11-13-21)22-8-7-9-23(32)18-22/h7-13,18,24-27H,14-17,19,32H2,1-6H3,(H,33,35)/t24?,25?,26-,27+/m0/s1. The van der Waals surface area contributed by atoms with E-state index in [1.54, 1.807) is 0 Å². The lowest BCUT2D eigenvalue weighted by Crippen LogP contribution is -2.49. The van der Waals surface area contributed by atoms with E-state index in [0.29, 0.717) is 0 Å². The van der Waals surface area contributed by atoms with Crippen molar-refractivity contribution in [1.82, 2.24) is 10.2 Å². The second-order valence-corrected chi connectivity index (χ2v) is 12.7. The number of benzene rings is 2. The van der Waals surface area contributed by atoms with Gasteiger partial charge >= 0.3 is 12.2 Å². The monoisotopic (exact) mass is 521 g/mol. The molecule has 2 atom stereocenters. The summed E-state index contributed by atoms with van der Waals surface area (Å²) >= 11 is 0. The fraction of sp³-hybridized carbons (Fsp3) is 0.548. The number of ether oxygens (including phenoxy) is 2. The lowest BCUT2D eigenvalue weighted by Gasteiger charge is -2.38. The molecular formula is C31H43N3O4. The summed E-state index contributed by atoms with van der Waals surface area (Å²) in [4.78, 5) is 27.6. The molecule has 3 N–H and O–H groups in total. The van der Waals surface area contributed by atoms with E-state index in [0.717, 1.165) is 48.9 Å². The summed E-state index contributed by atoms with van der Waals surface area (Å²) in [6, 6.07) is 16.7. The van der Waals surface area contributed by atoms with Crippen LogP contribution < -0.4 is 11.1 Å². The van der Waals surface area contributed by atoms with Crippen LogP contribution in [0.3, 0.4) is 0 Å². The number of alkyl carbamates (subject to hydrolysis) is 1. The molecule has 2 saturated carbocycles. The van der Waals surface area contributed by atoms with Gasteiger partial charge in [-0.1, -0.05) is 36.4 Å². The molecule has 2 amide bonds. The molecule has 4 rings (SSSR count). The molecule has 38 heavy (non-hydrogen) atoms. The first-order valence-corrected chi connectivity index (χ1v) is 13.8. The lowest BCUT2D eigenvalue weighted by atomic mass is 9.90. The molecule has 2 aliphatic rings. The molecule has 0 unspecified atom stereocenters. The predicted octanol–water partition coefficient (Wildman–Crippen LogP) is 6.86. The summed E-state index contributed by atoms with van der Waals surface area (Å²) in [5.41, 5.74) is 9.07. The van der Waals surface area contributed by atoms with Crippen LogP contribution in [0.4, 0.5) is 15.3 Å². The topological polar surface area (TPSA) is 93.9 Å². The minimum absolute atomic E-state index is 0.0520. The average molecular weight is 522 g/mol. The summed E-state index contributed by atoms with van der Waals surface area (Å²) in [6.45, 7) is 11.3. The molecule has 2 fully saturated rings. The van der Waals surface area contributed by atoms with E-state index < -0.39 is 11.2 Å². The van der Waals surface area contributed by atoms with Crippen LogP contribution in [-0.2, 0) is 9.47 Å². The Bertz CT molecular complexity index is 1130. The maximum absolute atomic E-state index is 13.4. The summed E-state index contributed by atoms with van der Waals surface area (Å²) in [5, 5.41) is 3.00. The van der Waals surface area contributed by atoms with Gasteiger partial charge in [0.25, 0.3) is 0 Å². The zero-order chi connectivity index (χ0) is 27.7. The molecule has 0 spiro atoms. The van der Waals surface area contributed by atoms with E-state index >= 15 is 0 Å². The Hall–Kier alpha value is -3.22. The van der Waals surface area contributed by atoms with Gasteiger partial charge in [-0.2, -0.15) is 0 Å². The molecule has 206 valence electrons. The predicted molar refractivity (Wildman–Crippen MR) is 151 cm³/mol. The van der Waals surface area contributed by atoms with Gasteiger partial charge in [0.2, 0.25) is 0 Å². The first-order valence-electron chi connectivity index (χ1n) is 13.8. The van der Waals surface area contributed by atoms with Crippen molar-refractivity contribution in [1.29, 1.82) is 0 Å². The highest BCUT2D eigenvalue weighted by Gasteiger charge is 2.49. The third kappa shape index (κ3) is 7.42. The second kappa shape index (κ2) is 10.9. The van der Waals surface area contributed by atoms with Crippen LogP contribution in [0, 0.1) is 0 Å². The van der Waals surface area contributed by atoms with E-state index in [2.05, 4.69) is 35.6 Å². The molecule has 7 nitrogen and oxygen atoms in total. The van der Waals surface area contributed by atoms with Crippen LogP contribution in [0.5, 0.6) is 0 Å². The van der Waals surface area contributed by atoms with Gasteiger partial charge in [0.1, 0.15) is 11.2 Å². The molecule has 0 aromatic heterocycles. The molecule has 0 heterocycles. The van der Waals surface area contributed by atoms with Gasteiger partial charge in [-0.3, -0.25) is 0 Å². The number of carbonyl (C=O) groups is 2. The number of hydrogen-bond donors (Lipinski definition) is 2. The first-order chi connectivity index (χ1) is 17.8. The number of amides is 2. The number of nitrogens with one attached hydrogen (secondary N) is 1. The van der Waals surface area contributed by atoms with Crippen molar-refractivity contribution < 1.29 is 19.1 Å². The van der Waals surface area contributed by atoms with Crippen LogP contribution in [0.2, 0.25) is 0 Å². The van der Waals surface area contributed by atoms with E-state index in [-0.39, 0.29) is 36.2 Å². The van der Waals surface area contributed by atoms with Crippen LogP contribution in [-0.4, -0.2) is 46.4 Å². The van der Waals surface area contributed by atoms with Crippen molar-refractivity contribution in [2.45, 2.75) is 109 Å². The average Bonchev–Trinajstić information content (AvgIpc) is 3.58. The Balaban J connectivity index is 1.42. The van der Waals surface area contributed by atoms with E-state index in [1.165, 1.54) is 5.56 Å². The van der Waals surface area contributed by atoms with Gasteiger partial charge in [-0.15, -0.1) is 0 Å². The normalized spacial score (nSPS) is 23.3. The molecule has 0 radical (unpaired) electrons. The number of nitrogens with zero attached hydrogens (tertiary/aromatic N) is 1. The van der Waals surface area contributed by atoms with Crippen molar-refractivity contribution in [3.05, 3.63) is 54.1 Å². The minimum Gasteiger partial charge on any atom is -0.444 e. The largest absolute Gasteiger partial charge is 0.444 e. The lowest BCUT2D eigenvalue weighted by molar-refractivity contribution is 0.00744. The third-order valence-corrected chi connectivity index (χ3v) is 7.09. The molecule has 2 aromatic carbocycles. The van der Waals surface area contributed by atoms with Gasteiger partial charge in [-0.05, 0) is 102 Å². The third-order valence-electron chi connectivity index (χ3n) is 7.09. The summed E-state index contributed by atoms with van der Waals surface area (Å²) in [5.74, 6) is 0.287. The van der Waals surface area contributed by atoms with Crippen molar-refractivity contribution >= 4 is 17.9 Å². The van der Waals surface area contributed by atoms with Crippen molar-refractivity contribution in [3.63, 3.8) is 0 Å². The number of hydrogen-bond acceptors (Lipinski definition) is 5. The van der Waals surface area contributed by atoms with E-state index in [4.69, 9.17) is 15.2 Å². The van der Waals surface area contributed by atoms with E-state index in [1.807, 2.05) is 64.6 Å². The van der Waals surface area contributed by atoms with Crippen molar-refractivity contribution in [2.75, 3.05) is 5.73 Å². The molecular weight excluding hydrogens is 478 g/mol. The Morgan fingerprint density at radius 2 is 1.50 bits per heavy atom. The second-order valence-electron chi connectivity index (χ2n) is 12.7. The summed E-state index contributed by atoms with van der Waals surface area (Å²) in [6.07, 6.45) is 3.53. The van der Waals surface area contributed by atoms with Gasteiger partial charge in [0.15, 0.2) is 0 Å². The number of nitrogen functional groups attached to an aromatic ring is 1. The molecule has 0 aliphatic heterocycles. The Morgan fingerprint density at radius 3 is 2.08 bits per heavy atom.